The van der Waals surface area contributed by atoms with Crippen LogP contribution < -0.4 is 10.6 Å². The minimum atomic E-state index is -1.04. The van der Waals surface area contributed by atoms with Gasteiger partial charge in [0.25, 0.3) is 0 Å². The van der Waals surface area contributed by atoms with Gasteiger partial charge in [-0.05, 0) is 25.7 Å². The molecule has 0 aromatic carbocycles. The molecule has 2 rings (SSSR count). The minimum absolute atomic E-state index is 0.134. The molecule has 2 amide bonds. The van der Waals surface area contributed by atoms with E-state index in [4.69, 9.17) is 4.74 Å². The van der Waals surface area contributed by atoms with Gasteiger partial charge in [0.1, 0.15) is 5.41 Å². The fraction of sp³-hybridized carbons (Fsp3) is 0.867. The third-order valence-electron chi connectivity index (χ3n) is 4.80. The van der Waals surface area contributed by atoms with Crippen molar-refractivity contribution >= 4 is 12.0 Å². The van der Waals surface area contributed by atoms with Crippen molar-refractivity contribution in [3.63, 3.8) is 0 Å². The van der Waals surface area contributed by atoms with E-state index >= 15 is 0 Å². The number of urea groups is 1. The Kier molecular flexibility index (Phi) is 5.45. The lowest BCUT2D eigenvalue weighted by Gasteiger charge is -2.25. The molecule has 1 aliphatic carbocycles. The van der Waals surface area contributed by atoms with Crippen LogP contribution in [0.25, 0.3) is 0 Å². The number of hydrogen-bond acceptors (Lipinski definition) is 3. The zero-order valence-electron chi connectivity index (χ0n) is 12.7. The topological polar surface area (TPSA) is 87.7 Å². The molecule has 0 aromatic heterocycles. The highest BCUT2D eigenvalue weighted by Crippen LogP contribution is 2.29. The highest BCUT2D eigenvalue weighted by Gasteiger charge is 2.47. The highest BCUT2D eigenvalue weighted by atomic mass is 16.5. The van der Waals surface area contributed by atoms with Crippen LogP contribution in [0.1, 0.15) is 45.4 Å². The molecule has 2 fully saturated rings. The van der Waals surface area contributed by atoms with E-state index in [1.54, 1.807) is 6.92 Å². The van der Waals surface area contributed by atoms with Crippen molar-refractivity contribution in [3.8, 4) is 0 Å². The van der Waals surface area contributed by atoms with E-state index in [1.165, 1.54) is 32.1 Å². The van der Waals surface area contributed by atoms with Gasteiger partial charge < -0.3 is 20.5 Å². The summed E-state index contributed by atoms with van der Waals surface area (Å²) in [6.07, 6.45) is 7.47. The Morgan fingerprint density at radius 3 is 2.71 bits per heavy atom. The molecule has 1 saturated heterocycles. The monoisotopic (exact) mass is 298 g/mol. The van der Waals surface area contributed by atoms with Gasteiger partial charge in [0, 0.05) is 6.54 Å². The first-order valence-electron chi connectivity index (χ1n) is 7.88. The Labute approximate surface area is 125 Å². The summed E-state index contributed by atoms with van der Waals surface area (Å²) in [7, 11) is 0. The Bertz CT molecular complexity index is 382. The lowest BCUT2D eigenvalue weighted by Crippen LogP contribution is -2.52. The van der Waals surface area contributed by atoms with Gasteiger partial charge in [-0.15, -0.1) is 0 Å². The fourth-order valence-electron chi connectivity index (χ4n) is 3.19. The predicted octanol–water partition coefficient (Wildman–Crippen LogP) is 1.75. The number of aliphatic carboxylic acids is 1. The van der Waals surface area contributed by atoms with E-state index in [2.05, 4.69) is 10.6 Å². The van der Waals surface area contributed by atoms with Crippen LogP contribution in [0.3, 0.4) is 0 Å². The summed E-state index contributed by atoms with van der Waals surface area (Å²) in [4.78, 5) is 23.1. The van der Waals surface area contributed by atoms with Crippen molar-refractivity contribution < 1.29 is 19.4 Å². The maximum Gasteiger partial charge on any atom is 0.315 e. The predicted molar refractivity (Wildman–Crippen MR) is 78.1 cm³/mol. The van der Waals surface area contributed by atoms with Gasteiger partial charge in [-0.3, -0.25) is 4.79 Å². The van der Waals surface area contributed by atoms with E-state index in [1.807, 2.05) is 0 Å². The van der Waals surface area contributed by atoms with Gasteiger partial charge in [0.2, 0.25) is 0 Å². The molecule has 6 nitrogen and oxygen atoms in total. The van der Waals surface area contributed by atoms with Gasteiger partial charge >= 0.3 is 12.0 Å². The number of carboxylic acid groups (broad SMARTS) is 1. The first kappa shape index (κ1) is 16.1. The molecule has 6 heteroatoms. The molecular weight excluding hydrogens is 272 g/mol. The summed E-state index contributed by atoms with van der Waals surface area (Å²) in [5.74, 6) is -0.111. The van der Waals surface area contributed by atoms with Crippen LogP contribution in [0, 0.1) is 11.3 Å². The summed E-state index contributed by atoms with van der Waals surface area (Å²) in [6, 6.07) is -0.783. The molecule has 0 aromatic rings. The van der Waals surface area contributed by atoms with E-state index < -0.39 is 17.4 Å². The Morgan fingerprint density at radius 1 is 1.33 bits per heavy atom. The van der Waals surface area contributed by atoms with Crippen molar-refractivity contribution in [2.45, 2.75) is 51.5 Å². The zero-order valence-corrected chi connectivity index (χ0v) is 12.7. The molecule has 2 atom stereocenters. The number of rotatable bonds is 6. The molecular formula is C15H26N2O4. The van der Waals surface area contributed by atoms with Crippen molar-refractivity contribution in [3.05, 3.63) is 0 Å². The number of nitrogens with one attached hydrogen (secondary N) is 2. The van der Waals surface area contributed by atoms with Gasteiger partial charge in [-0.1, -0.05) is 25.7 Å². The van der Waals surface area contributed by atoms with Crippen LogP contribution in [0.15, 0.2) is 0 Å². The number of carbonyl (C=O) groups excluding carboxylic acids is 1. The smallest absolute Gasteiger partial charge is 0.315 e. The number of carboxylic acids is 1. The van der Waals surface area contributed by atoms with Crippen molar-refractivity contribution in [1.29, 1.82) is 0 Å². The Balaban J connectivity index is 1.65. The molecule has 1 saturated carbocycles. The molecule has 1 aliphatic heterocycles. The Morgan fingerprint density at radius 2 is 2.05 bits per heavy atom. The largest absolute Gasteiger partial charge is 0.481 e. The number of ether oxygens (including phenoxy) is 1. The van der Waals surface area contributed by atoms with E-state index in [0.717, 1.165) is 12.3 Å². The molecule has 0 bridgehead atoms. The van der Waals surface area contributed by atoms with Crippen molar-refractivity contribution in [1.82, 2.24) is 10.6 Å². The average molecular weight is 298 g/mol. The summed E-state index contributed by atoms with van der Waals surface area (Å²) >= 11 is 0. The van der Waals surface area contributed by atoms with Crippen LogP contribution in [0.4, 0.5) is 4.79 Å². The number of hydrogen-bond donors (Lipinski definition) is 3. The molecule has 21 heavy (non-hydrogen) atoms. The second kappa shape index (κ2) is 7.11. The SMILES string of the molecule is CC1(C(=O)O)COCC1NC(=O)NCCCC1CCCC1. The lowest BCUT2D eigenvalue weighted by atomic mass is 9.85. The molecule has 3 N–H and O–H groups in total. The number of carbonyl (C=O) groups is 2. The van der Waals surface area contributed by atoms with E-state index in [9.17, 15) is 14.7 Å². The lowest BCUT2D eigenvalue weighted by molar-refractivity contribution is -0.148. The van der Waals surface area contributed by atoms with Crippen LogP contribution in [-0.4, -0.2) is 42.9 Å². The first-order valence-corrected chi connectivity index (χ1v) is 7.88. The minimum Gasteiger partial charge on any atom is -0.481 e. The maximum atomic E-state index is 11.8. The summed E-state index contributed by atoms with van der Waals surface area (Å²) < 4.78 is 5.20. The summed E-state index contributed by atoms with van der Waals surface area (Å²) in [5.41, 5.74) is -1.04. The second-order valence-electron chi connectivity index (χ2n) is 6.48. The molecule has 2 unspecified atom stereocenters. The molecule has 0 radical (unpaired) electrons. The van der Waals surface area contributed by atoms with Gasteiger partial charge in [0.05, 0.1) is 19.3 Å². The maximum absolute atomic E-state index is 11.8. The second-order valence-corrected chi connectivity index (χ2v) is 6.48. The van der Waals surface area contributed by atoms with E-state index in [-0.39, 0.29) is 19.2 Å². The molecule has 1 heterocycles. The highest BCUT2D eigenvalue weighted by molar-refractivity contribution is 5.79. The van der Waals surface area contributed by atoms with Gasteiger partial charge in [-0.2, -0.15) is 0 Å². The quantitative estimate of drug-likeness (QED) is 0.652. The normalized spacial score (nSPS) is 29.5. The van der Waals surface area contributed by atoms with Crippen molar-refractivity contribution in [2.24, 2.45) is 11.3 Å². The van der Waals surface area contributed by atoms with Crippen LogP contribution in [0.5, 0.6) is 0 Å². The molecule has 0 spiro atoms. The molecule has 2 aliphatic rings. The van der Waals surface area contributed by atoms with Crippen LogP contribution >= 0.6 is 0 Å². The van der Waals surface area contributed by atoms with Gasteiger partial charge in [-0.25, -0.2) is 4.79 Å². The molecule has 120 valence electrons. The summed E-state index contributed by atoms with van der Waals surface area (Å²) in [5, 5.41) is 14.8. The summed E-state index contributed by atoms with van der Waals surface area (Å²) in [6.45, 7) is 2.63. The third kappa shape index (κ3) is 4.09. The first-order chi connectivity index (χ1) is 10.0. The van der Waals surface area contributed by atoms with Crippen molar-refractivity contribution in [2.75, 3.05) is 19.8 Å². The standard InChI is InChI=1S/C15H26N2O4/c1-15(13(18)19)10-21-9-12(15)17-14(20)16-8-4-7-11-5-2-3-6-11/h11-12H,2-10H2,1H3,(H,18,19)(H2,16,17,20). The average Bonchev–Trinajstić information content (AvgIpc) is 3.06. The number of amides is 2. The van der Waals surface area contributed by atoms with Crippen LogP contribution in [-0.2, 0) is 9.53 Å². The van der Waals surface area contributed by atoms with E-state index in [0.29, 0.717) is 6.54 Å². The van der Waals surface area contributed by atoms with Gasteiger partial charge in [0.15, 0.2) is 0 Å². The Hall–Kier alpha value is -1.30. The third-order valence-corrected chi connectivity index (χ3v) is 4.80. The fourth-order valence-corrected chi connectivity index (χ4v) is 3.19. The van der Waals surface area contributed by atoms with Crippen LogP contribution in [0.2, 0.25) is 0 Å². The zero-order chi connectivity index (χ0) is 15.3.